The van der Waals surface area contributed by atoms with Crippen LogP contribution in [0.3, 0.4) is 0 Å². The molecule has 2 saturated heterocycles. The number of anilines is 3. The molecule has 15 nitrogen and oxygen atoms in total. The zero-order valence-corrected chi connectivity index (χ0v) is 28.6. The summed E-state index contributed by atoms with van der Waals surface area (Å²) in [6.07, 6.45) is -1.19. The standard InChI is InChI=1S/C32H38FN7O8S/c1-6-37(5)49(45,46)36-24-13-12-22(33)26(21(24)18-34)40(30(44)48-31(2,3)4)28-35-23-11-8-7-10-20(23)27(41)39(28)25-19-38(29(42)43)16-15-32(25)14-9-17-47-32/h7-8,10-13,25,36H,6,9,14-17,19H2,1-5H3,(H,42,43). The molecule has 5 rings (SSSR count). The molecule has 2 unspecified atom stereocenters. The molecule has 2 aliphatic rings. The molecule has 2 aromatic carbocycles. The van der Waals surface area contributed by atoms with E-state index in [2.05, 4.69) is 9.71 Å². The molecule has 0 aliphatic carbocycles. The Morgan fingerprint density at radius 2 is 1.96 bits per heavy atom. The Morgan fingerprint density at radius 1 is 1.24 bits per heavy atom. The summed E-state index contributed by atoms with van der Waals surface area (Å²) < 4.78 is 58.6. The number of rotatable bonds is 7. The van der Waals surface area contributed by atoms with Crippen molar-refractivity contribution in [3.05, 3.63) is 58.1 Å². The molecule has 2 aliphatic heterocycles. The van der Waals surface area contributed by atoms with Crippen molar-refractivity contribution in [2.45, 2.75) is 64.2 Å². The van der Waals surface area contributed by atoms with Crippen molar-refractivity contribution in [1.82, 2.24) is 18.8 Å². The third kappa shape index (κ3) is 6.76. The maximum atomic E-state index is 16.2. The molecule has 1 spiro atoms. The normalized spacial score (nSPS) is 19.6. The SMILES string of the molecule is CCN(C)S(=O)(=O)Nc1ccc(F)c(N(C(=O)OC(C)(C)C)c2nc3ccccc3c(=O)n2C2CN(C(=O)O)CCC23CCCO3)c1C#N. The molecule has 17 heteroatoms. The number of carbonyl (C=O) groups excluding carboxylic acids is 1. The maximum Gasteiger partial charge on any atom is 0.422 e. The minimum atomic E-state index is -4.23. The van der Waals surface area contributed by atoms with E-state index in [-0.39, 0.29) is 42.6 Å². The number of hydrogen-bond donors (Lipinski definition) is 2. The van der Waals surface area contributed by atoms with Gasteiger partial charge in [-0.05, 0) is 64.3 Å². The van der Waals surface area contributed by atoms with Gasteiger partial charge >= 0.3 is 22.4 Å². The number of halogens is 1. The van der Waals surface area contributed by atoms with E-state index in [0.717, 1.165) is 25.9 Å². The number of para-hydroxylation sites is 1. The molecule has 2 N–H and O–H groups in total. The van der Waals surface area contributed by atoms with Crippen molar-refractivity contribution in [1.29, 1.82) is 5.26 Å². The molecule has 0 bridgehead atoms. The third-order valence-corrected chi connectivity index (χ3v) is 10.2. The highest BCUT2D eigenvalue weighted by Crippen LogP contribution is 2.45. The van der Waals surface area contributed by atoms with Gasteiger partial charge in [-0.1, -0.05) is 19.1 Å². The number of hydrogen-bond acceptors (Lipinski definition) is 9. The Hall–Kier alpha value is -4.79. The van der Waals surface area contributed by atoms with Crippen molar-refractivity contribution >= 4 is 50.6 Å². The second kappa shape index (κ2) is 13.3. The van der Waals surface area contributed by atoms with Gasteiger partial charge in [0.25, 0.3) is 5.56 Å². The molecular formula is C32H38FN7O8S. The number of carboxylic acid groups (broad SMARTS) is 1. The molecule has 2 atom stereocenters. The monoisotopic (exact) mass is 699 g/mol. The quantitative estimate of drug-likeness (QED) is 0.354. The van der Waals surface area contributed by atoms with Gasteiger partial charge in [-0.15, -0.1) is 0 Å². The number of likely N-dealkylation sites (tertiary alicyclic amines) is 1. The maximum absolute atomic E-state index is 16.2. The van der Waals surface area contributed by atoms with Gasteiger partial charge < -0.3 is 19.5 Å². The van der Waals surface area contributed by atoms with E-state index < -0.39 is 68.2 Å². The van der Waals surface area contributed by atoms with Gasteiger partial charge in [-0.3, -0.25) is 14.1 Å². The van der Waals surface area contributed by atoms with E-state index in [0.29, 0.717) is 24.3 Å². The number of piperidine rings is 1. The van der Waals surface area contributed by atoms with E-state index in [1.165, 1.54) is 19.2 Å². The van der Waals surface area contributed by atoms with Gasteiger partial charge in [0.15, 0.2) is 0 Å². The summed E-state index contributed by atoms with van der Waals surface area (Å²) in [4.78, 5) is 47.5. The lowest BCUT2D eigenvalue weighted by molar-refractivity contribution is -0.0775. The summed E-state index contributed by atoms with van der Waals surface area (Å²) in [6.45, 7) is 6.56. The first kappa shape index (κ1) is 35.5. The highest BCUT2D eigenvalue weighted by Gasteiger charge is 2.50. The van der Waals surface area contributed by atoms with E-state index in [1.54, 1.807) is 39.8 Å². The van der Waals surface area contributed by atoms with E-state index >= 15 is 4.39 Å². The van der Waals surface area contributed by atoms with Crippen LogP contribution in [0, 0.1) is 17.1 Å². The van der Waals surface area contributed by atoms with Gasteiger partial charge in [-0.25, -0.2) is 23.9 Å². The topological polar surface area (TPSA) is 187 Å². The zero-order valence-electron chi connectivity index (χ0n) is 27.8. The lowest BCUT2D eigenvalue weighted by Crippen LogP contribution is -2.56. The Morgan fingerprint density at radius 3 is 2.57 bits per heavy atom. The highest BCUT2D eigenvalue weighted by molar-refractivity contribution is 7.90. The average molecular weight is 700 g/mol. The summed E-state index contributed by atoms with van der Waals surface area (Å²) >= 11 is 0. The number of carbonyl (C=O) groups is 2. The molecule has 262 valence electrons. The number of amides is 2. The molecule has 49 heavy (non-hydrogen) atoms. The number of nitriles is 1. The lowest BCUT2D eigenvalue weighted by Gasteiger charge is -2.45. The van der Waals surface area contributed by atoms with Crippen LogP contribution in [0.2, 0.25) is 0 Å². The second-order valence-electron chi connectivity index (χ2n) is 12.9. The van der Waals surface area contributed by atoms with Crippen molar-refractivity contribution in [2.75, 3.05) is 42.9 Å². The minimum Gasteiger partial charge on any atom is -0.465 e. The number of aromatic nitrogens is 2. The van der Waals surface area contributed by atoms with Crippen molar-refractivity contribution in [3.63, 3.8) is 0 Å². The summed E-state index contributed by atoms with van der Waals surface area (Å²) in [5.74, 6) is -1.61. The van der Waals surface area contributed by atoms with Crippen LogP contribution in [0.5, 0.6) is 0 Å². The molecule has 1 aromatic heterocycles. The molecule has 0 radical (unpaired) electrons. The average Bonchev–Trinajstić information content (AvgIpc) is 3.50. The predicted octanol–water partition coefficient (Wildman–Crippen LogP) is 4.56. The van der Waals surface area contributed by atoms with Gasteiger partial charge in [-0.2, -0.15) is 18.0 Å². The molecular weight excluding hydrogens is 661 g/mol. The van der Waals surface area contributed by atoms with Crippen LogP contribution in [0.4, 0.5) is 31.3 Å². The van der Waals surface area contributed by atoms with Crippen molar-refractivity contribution in [2.24, 2.45) is 0 Å². The second-order valence-corrected chi connectivity index (χ2v) is 14.7. The Labute approximate surface area is 282 Å². The first-order valence-corrected chi connectivity index (χ1v) is 17.1. The Kier molecular flexibility index (Phi) is 9.61. The van der Waals surface area contributed by atoms with Crippen LogP contribution in [-0.2, 0) is 19.7 Å². The third-order valence-electron chi connectivity index (χ3n) is 8.65. The van der Waals surface area contributed by atoms with Crippen molar-refractivity contribution < 1.29 is 37.0 Å². The van der Waals surface area contributed by atoms with Gasteiger partial charge in [0.05, 0.1) is 28.2 Å². The molecule has 3 heterocycles. The summed E-state index contributed by atoms with van der Waals surface area (Å²) in [5, 5.41) is 20.5. The molecule has 3 aromatic rings. The Balaban J connectivity index is 1.87. The van der Waals surface area contributed by atoms with Gasteiger partial charge in [0, 0.05) is 33.3 Å². The lowest BCUT2D eigenvalue weighted by atomic mass is 9.83. The first-order chi connectivity index (χ1) is 23.0. The predicted molar refractivity (Wildman–Crippen MR) is 178 cm³/mol. The molecule has 0 saturated carbocycles. The largest absolute Gasteiger partial charge is 0.465 e. The number of nitrogens with zero attached hydrogens (tertiary/aromatic N) is 6. The van der Waals surface area contributed by atoms with Gasteiger partial charge in [0.2, 0.25) is 5.95 Å². The van der Waals surface area contributed by atoms with Crippen LogP contribution in [0.25, 0.3) is 10.9 Å². The van der Waals surface area contributed by atoms with Crippen LogP contribution >= 0.6 is 0 Å². The van der Waals surface area contributed by atoms with E-state index in [1.807, 2.05) is 6.07 Å². The van der Waals surface area contributed by atoms with Crippen LogP contribution in [0.1, 0.15) is 58.6 Å². The van der Waals surface area contributed by atoms with Gasteiger partial charge in [0.1, 0.15) is 28.7 Å². The fourth-order valence-electron chi connectivity index (χ4n) is 6.15. The van der Waals surface area contributed by atoms with Crippen LogP contribution in [-0.4, -0.2) is 89.0 Å². The van der Waals surface area contributed by atoms with Crippen molar-refractivity contribution in [3.8, 4) is 6.07 Å². The number of ether oxygens (including phenoxy) is 2. The first-order valence-electron chi connectivity index (χ1n) is 15.7. The molecule has 2 amide bonds. The minimum absolute atomic E-state index is 0.0706. The molecule has 2 fully saturated rings. The number of benzene rings is 2. The fourth-order valence-corrected chi connectivity index (χ4v) is 7.09. The summed E-state index contributed by atoms with van der Waals surface area (Å²) in [6, 6.07) is 8.92. The fraction of sp³-hybridized carbons (Fsp3) is 0.469. The summed E-state index contributed by atoms with van der Waals surface area (Å²) in [5.41, 5.74) is -4.48. The zero-order chi connectivity index (χ0) is 35.9. The smallest absolute Gasteiger partial charge is 0.422 e. The Bertz CT molecular complexity index is 2000. The number of fused-ring (bicyclic) bond motifs is 1. The summed E-state index contributed by atoms with van der Waals surface area (Å²) in [7, 11) is -2.93. The van der Waals surface area contributed by atoms with E-state index in [4.69, 9.17) is 9.47 Å². The van der Waals surface area contributed by atoms with E-state index in [9.17, 15) is 33.2 Å². The highest BCUT2D eigenvalue weighted by atomic mass is 32.2. The number of nitrogens with one attached hydrogen (secondary N) is 1. The van der Waals surface area contributed by atoms with Crippen LogP contribution < -0.4 is 15.2 Å². The van der Waals surface area contributed by atoms with Crippen LogP contribution in [0.15, 0.2) is 41.2 Å².